The van der Waals surface area contributed by atoms with Crippen molar-refractivity contribution in [2.75, 3.05) is 10.5 Å². The van der Waals surface area contributed by atoms with E-state index in [4.69, 9.17) is 5.73 Å². The number of hydrogen-bond acceptors (Lipinski definition) is 6. The lowest BCUT2D eigenvalue weighted by molar-refractivity contribution is 0.0692. The van der Waals surface area contributed by atoms with Gasteiger partial charge in [0.25, 0.3) is 15.6 Å². The molecule has 0 saturated heterocycles. The van der Waals surface area contributed by atoms with E-state index in [1.165, 1.54) is 36.4 Å². The molecule has 0 aliphatic rings. The molecule has 29 heavy (non-hydrogen) atoms. The van der Waals surface area contributed by atoms with Crippen LogP contribution in [0.3, 0.4) is 0 Å². The highest BCUT2D eigenvalue weighted by molar-refractivity contribution is 7.92. The molecule has 4 aromatic rings. The number of anilines is 2. The Hall–Kier alpha value is -3.92. The number of rotatable bonds is 4. The molecule has 0 amide bonds. The maximum absolute atomic E-state index is 12.8. The van der Waals surface area contributed by atoms with E-state index >= 15 is 0 Å². The van der Waals surface area contributed by atoms with Crippen molar-refractivity contribution < 1.29 is 18.3 Å². The van der Waals surface area contributed by atoms with E-state index in [1.54, 1.807) is 18.2 Å². The van der Waals surface area contributed by atoms with Crippen LogP contribution in [0, 0.1) is 0 Å². The smallest absolute Gasteiger partial charge is 0.337 e. The third kappa shape index (κ3) is 3.25. The Labute approximate surface area is 163 Å². The fraction of sp³-hybridized carbons (Fsp3) is 0. The highest BCUT2D eigenvalue weighted by atomic mass is 32.2. The summed E-state index contributed by atoms with van der Waals surface area (Å²) < 4.78 is 27.9. The van der Waals surface area contributed by atoms with E-state index in [9.17, 15) is 23.1 Å². The summed E-state index contributed by atoms with van der Waals surface area (Å²) in [6, 6.07) is 13.3. The summed E-state index contributed by atoms with van der Waals surface area (Å²) in [7, 11) is -4.18. The number of aromatic carboxylic acids is 1. The van der Waals surface area contributed by atoms with Gasteiger partial charge in [-0.15, -0.1) is 0 Å². The van der Waals surface area contributed by atoms with Crippen LogP contribution in [0.25, 0.3) is 21.7 Å². The van der Waals surface area contributed by atoms with Crippen LogP contribution in [0.1, 0.15) is 10.4 Å². The van der Waals surface area contributed by atoms with Crippen LogP contribution < -0.4 is 16.0 Å². The third-order valence-electron chi connectivity index (χ3n) is 4.37. The van der Waals surface area contributed by atoms with E-state index in [-0.39, 0.29) is 27.5 Å². The predicted molar refractivity (Wildman–Crippen MR) is 108 cm³/mol. The fourth-order valence-electron chi connectivity index (χ4n) is 3.13. The topological polar surface area (TPSA) is 155 Å². The molecule has 146 valence electrons. The van der Waals surface area contributed by atoms with Crippen molar-refractivity contribution in [2.45, 2.75) is 4.90 Å². The number of nitrogens with two attached hydrogens (primary N) is 1. The van der Waals surface area contributed by atoms with Gasteiger partial charge < -0.3 is 10.8 Å². The largest absolute Gasteiger partial charge is 0.478 e. The Bertz CT molecular complexity index is 1460. The highest BCUT2D eigenvalue weighted by Crippen LogP contribution is 2.27. The molecule has 0 fully saturated rings. The van der Waals surface area contributed by atoms with Gasteiger partial charge in [-0.2, -0.15) is 0 Å². The lowest BCUT2D eigenvalue weighted by Crippen LogP contribution is -2.17. The second kappa shape index (κ2) is 6.60. The summed E-state index contributed by atoms with van der Waals surface area (Å²) in [6.45, 7) is 0. The van der Waals surface area contributed by atoms with Gasteiger partial charge >= 0.3 is 5.97 Å². The van der Waals surface area contributed by atoms with Gasteiger partial charge in [0.1, 0.15) is 4.90 Å². The first-order chi connectivity index (χ1) is 13.8. The Morgan fingerprint density at radius 2 is 1.83 bits per heavy atom. The molecule has 1 aromatic heterocycles. The number of carboxylic acid groups (broad SMARTS) is 1. The Morgan fingerprint density at radius 3 is 2.59 bits per heavy atom. The van der Waals surface area contributed by atoms with Gasteiger partial charge in [-0.3, -0.25) is 14.5 Å². The molecule has 0 bridgehead atoms. The van der Waals surface area contributed by atoms with Crippen LogP contribution in [-0.4, -0.2) is 29.5 Å². The predicted octanol–water partition coefficient (Wildman–Crippen LogP) is 2.16. The molecule has 0 atom stereocenters. The average molecular weight is 410 g/mol. The van der Waals surface area contributed by atoms with Gasteiger partial charge in [0.05, 0.1) is 16.5 Å². The monoisotopic (exact) mass is 410 g/mol. The number of nitrogens with one attached hydrogen (secondary N) is 2. The van der Waals surface area contributed by atoms with Crippen molar-refractivity contribution in [3.8, 4) is 0 Å². The number of nitrogen functional groups attached to an aromatic ring is 1. The lowest BCUT2D eigenvalue weighted by Gasteiger charge is -2.11. The van der Waals surface area contributed by atoms with E-state index in [0.29, 0.717) is 16.3 Å². The van der Waals surface area contributed by atoms with Crippen molar-refractivity contribution in [3.05, 3.63) is 70.5 Å². The van der Waals surface area contributed by atoms with Crippen LogP contribution in [0.5, 0.6) is 0 Å². The minimum absolute atomic E-state index is 0.0241. The number of fused-ring (bicyclic) bond motifs is 3. The molecule has 5 N–H and O–H groups in total. The normalized spacial score (nSPS) is 11.6. The Morgan fingerprint density at radius 1 is 1.10 bits per heavy atom. The van der Waals surface area contributed by atoms with Crippen molar-refractivity contribution in [3.63, 3.8) is 0 Å². The minimum atomic E-state index is -4.18. The van der Waals surface area contributed by atoms with Gasteiger partial charge in [-0.1, -0.05) is 24.3 Å². The molecule has 0 unspecified atom stereocenters. The number of H-pyrrole nitrogens is 1. The van der Waals surface area contributed by atoms with E-state index in [1.807, 2.05) is 0 Å². The summed E-state index contributed by atoms with van der Waals surface area (Å²) in [5.41, 5.74) is 5.32. The molecule has 0 spiro atoms. The number of aromatic amines is 1. The molecule has 0 aliphatic carbocycles. The van der Waals surface area contributed by atoms with Gasteiger partial charge in [-0.05, 0) is 41.1 Å². The van der Waals surface area contributed by atoms with Crippen molar-refractivity contribution in [1.82, 2.24) is 9.97 Å². The summed E-state index contributed by atoms with van der Waals surface area (Å²) >= 11 is 0. The Kier molecular flexibility index (Phi) is 4.20. The zero-order valence-electron chi connectivity index (χ0n) is 14.7. The zero-order chi connectivity index (χ0) is 20.8. The molecule has 3 aromatic carbocycles. The minimum Gasteiger partial charge on any atom is -0.478 e. The first-order valence-corrected chi connectivity index (χ1v) is 9.82. The molecule has 0 radical (unpaired) electrons. The van der Waals surface area contributed by atoms with Crippen LogP contribution >= 0.6 is 0 Å². The first kappa shape index (κ1) is 18.4. The fourth-order valence-corrected chi connectivity index (χ4v) is 4.38. The molecule has 0 aliphatic heterocycles. The van der Waals surface area contributed by atoms with Gasteiger partial charge in [0, 0.05) is 5.69 Å². The molecule has 1 heterocycles. The first-order valence-electron chi connectivity index (χ1n) is 8.34. The maximum atomic E-state index is 12.8. The maximum Gasteiger partial charge on any atom is 0.337 e. The van der Waals surface area contributed by atoms with Gasteiger partial charge in [0.15, 0.2) is 0 Å². The summed E-state index contributed by atoms with van der Waals surface area (Å²) in [4.78, 5) is 29.9. The lowest BCUT2D eigenvalue weighted by atomic mass is 10.1. The van der Waals surface area contributed by atoms with E-state index in [2.05, 4.69) is 14.7 Å². The molecule has 4 rings (SSSR count). The molecular weight excluding hydrogens is 396 g/mol. The second-order valence-corrected chi connectivity index (χ2v) is 7.90. The quantitative estimate of drug-likeness (QED) is 0.376. The second-order valence-electron chi connectivity index (χ2n) is 6.25. The van der Waals surface area contributed by atoms with Crippen LogP contribution in [0.4, 0.5) is 11.6 Å². The SMILES string of the molecule is Nc1nc2ccc3ccc(NS(=O)(=O)c4ccccc4C(=O)O)cc3c2c(=O)[nH]1. The van der Waals surface area contributed by atoms with Crippen molar-refractivity contribution >= 4 is 49.3 Å². The standard InChI is InChI=1S/C19H14N4O5S/c20-19-21-14-8-6-10-5-7-11(9-13(10)16(14)17(24)22-19)23-29(27,28)15-4-2-1-3-12(15)18(25)26/h1-9,23H,(H,25,26)(H3,20,21,22,24). The van der Waals surface area contributed by atoms with E-state index < -0.39 is 21.6 Å². The molecule has 9 nitrogen and oxygen atoms in total. The zero-order valence-corrected chi connectivity index (χ0v) is 15.5. The van der Waals surface area contributed by atoms with Gasteiger partial charge in [0.2, 0.25) is 5.95 Å². The van der Waals surface area contributed by atoms with Gasteiger partial charge in [-0.25, -0.2) is 18.2 Å². The molecular formula is C19H14N4O5S. The number of aromatic nitrogens is 2. The summed E-state index contributed by atoms with van der Waals surface area (Å²) in [5, 5.41) is 10.7. The van der Waals surface area contributed by atoms with Crippen LogP contribution in [0.15, 0.2) is 64.3 Å². The number of carbonyl (C=O) groups is 1. The van der Waals surface area contributed by atoms with Crippen molar-refractivity contribution in [2.24, 2.45) is 0 Å². The highest BCUT2D eigenvalue weighted by Gasteiger charge is 2.22. The number of benzene rings is 3. The third-order valence-corrected chi connectivity index (χ3v) is 5.81. The van der Waals surface area contributed by atoms with Crippen LogP contribution in [0.2, 0.25) is 0 Å². The van der Waals surface area contributed by atoms with E-state index in [0.717, 1.165) is 0 Å². The average Bonchev–Trinajstić information content (AvgIpc) is 2.67. The molecule has 0 saturated carbocycles. The summed E-state index contributed by atoms with van der Waals surface area (Å²) in [5.74, 6) is -1.38. The number of sulfonamides is 1. The van der Waals surface area contributed by atoms with Crippen molar-refractivity contribution in [1.29, 1.82) is 0 Å². The molecule has 10 heteroatoms. The number of nitrogens with zero attached hydrogens (tertiary/aromatic N) is 1. The number of hydrogen-bond donors (Lipinski definition) is 4. The Balaban J connectivity index is 1.86. The summed E-state index contributed by atoms with van der Waals surface area (Å²) in [6.07, 6.45) is 0. The number of carboxylic acids is 1. The van der Waals surface area contributed by atoms with Crippen LogP contribution in [-0.2, 0) is 10.0 Å².